The summed E-state index contributed by atoms with van der Waals surface area (Å²) < 4.78 is 15.5. The van der Waals surface area contributed by atoms with Gasteiger partial charge >= 0.3 is 5.97 Å². The standard InChI is InChI=1S/C13H17O4/c1-4-5-9-12(14)17-11-8-6-7-10(15-2)13(11)16-3/h6-8H,1,4-5,9H2,2-3H3. The fourth-order valence-corrected chi connectivity index (χ4v) is 1.38. The number of hydrogen-bond donors (Lipinski definition) is 0. The highest BCUT2D eigenvalue weighted by Crippen LogP contribution is 2.36. The van der Waals surface area contributed by atoms with Crippen LogP contribution in [0.4, 0.5) is 0 Å². The van der Waals surface area contributed by atoms with Crippen LogP contribution in [0.3, 0.4) is 0 Å². The van der Waals surface area contributed by atoms with Crippen molar-refractivity contribution in [2.75, 3.05) is 14.2 Å². The van der Waals surface area contributed by atoms with Crippen LogP contribution in [0.5, 0.6) is 17.2 Å². The van der Waals surface area contributed by atoms with Crippen LogP contribution >= 0.6 is 0 Å². The summed E-state index contributed by atoms with van der Waals surface area (Å²) in [6, 6.07) is 5.15. The van der Waals surface area contributed by atoms with Gasteiger partial charge in [0.05, 0.1) is 14.2 Å². The van der Waals surface area contributed by atoms with Gasteiger partial charge in [-0.15, -0.1) is 0 Å². The fourth-order valence-electron chi connectivity index (χ4n) is 1.38. The Bertz CT molecular complexity index is 374. The summed E-state index contributed by atoms with van der Waals surface area (Å²) in [5.41, 5.74) is 0. The van der Waals surface area contributed by atoms with Crippen molar-refractivity contribution in [3.8, 4) is 17.2 Å². The molecule has 4 nitrogen and oxygen atoms in total. The molecule has 0 aromatic heterocycles. The van der Waals surface area contributed by atoms with E-state index in [1.807, 2.05) is 0 Å². The molecule has 0 spiro atoms. The molecule has 0 fully saturated rings. The van der Waals surface area contributed by atoms with Crippen molar-refractivity contribution < 1.29 is 19.0 Å². The number of para-hydroxylation sites is 1. The van der Waals surface area contributed by atoms with Crippen molar-refractivity contribution in [3.63, 3.8) is 0 Å². The van der Waals surface area contributed by atoms with Crippen LogP contribution in [0.15, 0.2) is 18.2 Å². The first-order chi connectivity index (χ1) is 8.22. The van der Waals surface area contributed by atoms with Gasteiger partial charge in [-0.2, -0.15) is 0 Å². The van der Waals surface area contributed by atoms with Gasteiger partial charge < -0.3 is 14.2 Å². The second-order valence-corrected chi connectivity index (χ2v) is 3.42. The first kappa shape index (κ1) is 13.4. The lowest BCUT2D eigenvalue weighted by atomic mass is 10.2. The summed E-state index contributed by atoms with van der Waals surface area (Å²) >= 11 is 0. The fraction of sp³-hybridized carbons (Fsp3) is 0.385. The average molecular weight is 237 g/mol. The smallest absolute Gasteiger partial charge is 0.311 e. The van der Waals surface area contributed by atoms with E-state index in [-0.39, 0.29) is 5.97 Å². The molecule has 0 amide bonds. The summed E-state index contributed by atoms with van der Waals surface area (Å²) in [5, 5.41) is 0. The van der Waals surface area contributed by atoms with E-state index < -0.39 is 0 Å². The van der Waals surface area contributed by atoms with Crippen LogP contribution in [0, 0.1) is 6.92 Å². The highest BCUT2D eigenvalue weighted by atomic mass is 16.6. The lowest BCUT2D eigenvalue weighted by Gasteiger charge is -2.12. The van der Waals surface area contributed by atoms with Crippen LogP contribution in [0.2, 0.25) is 0 Å². The highest BCUT2D eigenvalue weighted by Gasteiger charge is 2.13. The third-order valence-electron chi connectivity index (χ3n) is 2.22. The molecule has 0 bridgehead atoms. The third kappa shape index (κ3) is 3.66. The molecule has 1 aromatic carbocycles. The lowest BCUT2D eigenvalue weighted by Crippen LogP contribution is -2.08. The lowest BCUT2D eigenvalue weighted by molar-refractivity contribution is -0.134. The number of carbonyl (C=O) groups excluding carboxylic acids is 1. The van der Waals surface area contributed by atoms with Gasteiger partial charge in [0.15, 0.2) is 11.5 Å². The summed E-state index contributed by atoms with van der Waals surface area (Å²) in [6.45, 7) is 3.67. The van der Waals surface area contributed by atoms with Crippen molar-refractivity contribution in [2.24, 2.45) is 0 Å². The molecule has 1 aromatic rings. The molecule has 0 atom stereocenters. The molecule has 0 saturated carbocycles. The van der Waals surface area contributed by atoms with Gasteiger partial charge in [0.1, 0.15) is 0 Å². The zero-order chi connectivity index (χ0) is 12.7. The van der Waals surface area contributed by atoms with Gasteiger partial charge in [-0.3, -0.25) is 4.79 Å². The topological polar surface area (TPSA) is 44.8 Å². The Labute approximate surface area is 101 Å². The third-order valence-corrected chi connectivity index (χ3v) is 2.22. The first-order valence-corrected chi connectivity index (χ1v) is 5.43. The minimum atomic E-state index is -0.291. The van der Waals surface area contributed by atoms with Crippen LogP contribution in [-0.4, -0.2) is 20.2 Å². The quantitative estimate of drug-likeness (QED) is 0.563. The van der Waals surface area contributed by atoms with Gasteiger partial charge in [-0.25, -0.2) is 0 Å². The second kappa shape index (κ2) is 6.78. The van der Waals surface area contributed by atoms with Gasteiger partial charge in [-0.05, 0) is 18.6 Å². The maximum absolute atomic E-state index is 11.5. The molecule has 4 heteroatoms. The summed E-state index contributed by atoms with van der Waals surface area (Å²) in [4.78, 5) is 11.5. The maximum Gasteiger partial charge on any atom is 0.311 e. The molecule has 1 rings (SSSR count). The van der Waals surface area contributed by atoms with Crippen molar-refractivity contribution in [2.45, 2.75) is 19.3 Å². The predicted molar refractivity (Wildman–Crippen MR) is 64.4 cm³/mol. The highest BCUT2D eigenvalue weighted by molar-refractivity contribution is 5.73. The Kier molecular flexibility index (Phi) is 5.33. The van der Waals surface area contributed by atoms with Crippen LogP contribution in [0.1, 0.15) is 19.3 Å². The molecule has 93 valence electrons. The Balaban J connectivity index is 2.79. The number of ether oxygens (including phenoxy) is 3. The van der Waals surface area contributed by atoms with Crippen molar-refractivity contribution in [1.29, 1.82) is 0 Å². The van der Waals surface area contributed by atoms with Gasteiger partial charge in [0.2, 0.25) is 5.75 Å². The zero-order valence-corrected chi connectivity index (χ0v) is 10.2. The van der Waals surface area contributed by atoms with Crippen LogP contribution in [0.25, 0.3) is 0 Å². The number of rotatable bonds is 6. The van der Waals surface area contributed by atoms with E-state index in [1.165, 1.54) is 14.2 Å². The molecule has 0 saturated heterocycles. The number of methoxy groups -OCH3 is 2. The molecule has 0 aliphatic heterocycles. The molecule has 1 radical (unpaired) electrons. The minimum absolute atomic E-state index is 0.291. The Morgan fingerprint density at radius 2 is 1.94 bits per heavy atom. The van der Waals surface area contributed by atoms with E-state index in [4.69, 9.17) is 14.2 Å². The average Bonchev–Trinajstić information content (AvgIpc) is 2.35. The van der Waals surface area contributed by atoms with E-state index in [1.54, 1.807) is 18.2 Å². The normalized spacial score (nSPS) is 9.82. The van der Waals surface area contributed by atoms with Crippen molar-refractivity contribution in [3.05, 3.63) is 25.1 Å². The molecule has 17 heavy (non-hydrogen) atoms. The van der Waals surface area contributed by atoms with E-state index >= 15 is 0 Å². The monoisotopic (exact) mass is 237 g/mol. The van der Waals surface area contributed by atoms with Crippen molar-refractivity contribution in [1.82, 2.24) is 0 Å². The number of unbranched alkanes of at least 4 members (excludes halogenated alkanes) is 1. The number of hydrogen-bond acceptors (Lipinski definition) is 4. The summed E-state index contributed by atoms with van der Waals surface area (Å²) in [7, 11) is 3.04. The van der Waals surface area contributed by atoms with Crippen molar-refractivity contribution >= 4 is 5.97 Å². The van der Waals surface area contributed by atoms with E-state index in [0.29, 0.717) is 36.5 Å². The van der Waals surface area contributed by atoms with E-state index in [0.717, 1.165) is 0 Å². The predicted octanol–water partition coefficient (Wildman–Crippen LogP) is 2.61. The Hall–Kier alpha value is -1.71. The molecular weight excluding hydrogens is 220 g/mol. The van der Waals surface area contributed by atoms with E-state index in [2.05, 4.69) is 6.92 Å². The van der Waals surface area contributed by atoms with Crippen LogP contribution < -0.4 is 14.2 Å². The first-order valence-electron chi connectivity index (χ1n) is 5.43. The van der Waals surface area contributed by atoms with E-state index in [9.17, 15) is 4.79 Å². The number of benzene rings is 1. The number of carbonyl (C=O) groups is 1. The molecular formula is C13H17O4. The van der Waals surface area contributed by atoms with Gasteiger partial charge in [0.25, 0.3) is 0 Å². The zero-order valence-electron chi connectivity index (χ0n) is 10.2. The number of esters is 1. The van der Waals surface area contributed by atoms with Gasteiger partial charge in [0, 0.05) is 6.42 Å². The SMILES string of the molecule is [CH2]CCCC(=O)Oc1cccc(OC)c1OC. The second-order valence-electron chi connectivity index (χ2n) is 3.42. The minimum Gasteiger partial charge on any atom is -0.493 e. The molecule has 0 heterocycles. The molecule has 0 unspecified atom stereocenters. The largest absolute Gasteiger partial charge is 0.493 e. The molecule has 0 aliphatic rings. The van der Waals surface area contributed by atoms with Gasteiger partial charge in [-0.1, -0.05) is 19.4 Å². The Morgan fingerprint density at radius 3 is 2.53 bits per heavy atom. The summed E-state index contributed by atoms with van der Waals surface area (Å²) in [5.74, 6) is 1.05. The summed E-state index contributed by atoms with van der Waals surface area (Å²) in [6.07, 6.45) is 1.78. The molecule has 0 aliphatic carbocycles. The maximum atomic E-state index is 11.5. The van der Waals surface area contributed by atoms with Crippen LogP contribution in [-0.2, 0) is 4.79 Å². The Morgan fingerprint density at radius 1 is 1.24 bits per heavy atom. The molecule has 0 N–H and O–H groups in total.